The van der Waals surface area contributed by atoms with Crippen molar-refractivity contribution in [2.45, 2.75) is 24.8 Å². The van der Waals surface area contributed by atoms with Crippen LogP contribution in [0, 0.1) is 0 Å². The Balaban J connectivity index is 0.00000110. The van der Waals surface area contributed by atoms with Crippen molar-refractivity contribution < 1.29 is 0 Å². The molecule has 5 heteroatoms. The van der Waals surface area contributed by atoms with Gasteiger partial charge in [-0.3, -0.25) is 4.98 Å². The quantitative estimate of drug-likeness (QED) is 0.770. The molecule has 0 unspecified atom stereocenters. The average Bonchev–Trinajstić information content (AvgIpc) is 2.40. The SMILES string of the molecule is CN(c1cccnc1)C1(c2ccc(Cl)cc2)CCC1.Cl.Cl. The summed E-state index contributed by atoms with van der Waals surface area (Å²) in [6, 6.07) is 12.4. The van der Waals surface area contributed by atoms with Gasteiger partial charge in [0.1, 0.15) is 0 Å². The number of pyridine rings is 1. The average molecular weight is 346 g/mol. The van der Waals surface area contributed by atoms with Crippen molar-refractivity contribution in [1.82, 2.24) is 4.98 Å². The van der Waals surface area contributed by atoms with Crippen molar-refractivity contribution in [3.05, 3.63) is 59.4 Å². The van der Waals surface area contributed by atoms with Gasteiger partial charge in [0.2, 0.25) is 0 Å². The molecule has 1 aliphatic rings. The molecule has 0 saturated heterocycles. The maximum atomic E-state index is 6.00. The number of hydrogen-bond acceptors (Lipinski definition) is 2. The van der Waals surface area contributed by atoms with Crippen LogP contribution in [0.5, 0.6) is 0 Å². The first-order valence-corrected chi connectivity index (χ1v) is 7.00. The van der Waals surface area contributed by atoms with E-state index in [0.29, 0.717) is 0 Å². The first-order chi connectivity index (χ1) is 9.22. The first kappa shape index (κ1) is 18.1. The zero-order chi connectivity index (χ0) is 13.3. The molecule has 0 amide bonds. The summed E-state index contributed by atoms with van der Waals surface area (Å²) < 4.78 is 0. The van der Waals surface area contributed by atoms with Crippen LogP contribution in [-0.4, -0.2) is 12.0 Å². The van der Waals surface area contributed by atoms with E-state index in [9.17, 15) is 0 Å². The highest BCUT2D eigenvalue weighted by Crippen LogP contribution is 2.47. The number of nitrogens with zero attached hydrogens (tertiary/aromatic N) is 2. The van der Waals surface area contributed by atoms with E-state index < -0.39 is 0 Å². The molecule has 21 heavy (non-hydrogen) atoms. The lowest BCUT2D eigenvalue weighted by molar-refractivity contribution is 0.241. The fourth-order valence-corrected chi connectivity index (χ4v) is 3.01. The normalized spacial score (nSPS) is 15.1. The molecule has 2 nitrogen and oxygen atoms in total. The number of anilines is 1. The molecular formula is C16H19Cl3N2. The molecular weight excluding hydrogens is 327 g/mol. The highest BCUT2D eigenvalue weighted by Gasteiger charge is 2.42. The summed E-state index contributed by atoms with van der Waals surface area (Å²) in [6.45, 7) is 0. The number of aromatic nitrogens is 1. The van der Waals surface area contributed by atoms with Crippen molar-refractivity contribution in [2.24, 2.45) is 0 Å². The Morgan fingerprint density at radius 3 is 2.24 bits per heavy atom. The van der Waals surface area contributed by atoms with E-state index in [0.717, 1.165) is 10.7 Å². The molecule has 1 heterocycles. The smallest absolute Gasteiger partial charge is 0.0651 e. The van der Waals surface area contributed by atoms with Gasteiger partial charge in [0.25, 0.3) is 0 Å². The van der Waals surface area contributed by atoms with Gasteiger partial charge in [0.05, 0.1) is 17.4 Å². The van der Waals surface area contributed by atoms with Gasteiger partial charge < -0.3 is 4.90 Å². The second-order valence-corrected chi connectivity index (χ2v) is 5.60. The van der Waals surface area contributed by atoms with E-state index in [1.807, 2.05) is 30.6 Å². The molecule has 3 rings (SSSR count). The van der Waals surface area contributed by atoms with E-state index >= 15 is 0 Å². The van der Waals surface area contributed by atoms with Crippen molar-refractivity contribution in [3.8, 4) is 0 Å². The fraction of sp³-hybridized carbons (Fsp3) is 0.312. The Labute approximate surface area is 143 Å². The lowest BCUT2D eigenvalue weighted by Crippen LogP contribution is -2.49. The van der Waals surface area contributed by atoms with Gasteiger partial charge in [-0.25, -0.2) is 0 Å². The Bertz CT molecular complexity index is 553. The van der Waals surface area contributed by atoms with Gasteiger partial charge >= 0.3 is 0 Å². The lowest BCUT2D eigenvalue weighted by Gasteiger charge is -2.50. The maximum Gasteiger partial charge on any atom is 0.0651 e. The lowest BCUT2D eigenvalue weighted by atomic mass is 9.70. The minimum absolute atomic E-state index is 0. The highest BCUT2D eigenvalue weighted by molar-refractivity contribution is 6.30. The van der Waals surface area contributed by atoms with E-state index in [-0.39, 0.29) is 30.4 Å². The van der Waals surface area contributed by atoms with Gasteiger partial charge in [0.15, 0.2) is 0 Å². The highest BCUT2D eigenvalue weighted by atomic mass is 35.5. The molecule has 0 aliphatic heterocycles. The Morgan fingerprint density at radius 2 is 1.76 bits per heavy atom. The Kier molecular flexibility index (Phi) is 6.33. The van der Waals surface area contributed by atoms with Gasteiger partial charge in [-0.1, -0.05) is 23.7 Å². The molecule has 0 N–H and O–H groups in total. The van der Waals surface area contributed by atoms with Crippen LogP contribution in [0.3, 0.4) is 0 Å². The molecule has 0 radical (unpaired) electrons. The minimum Gasteiger partial charge on any atom is -0.364 e. The van der Waals surface area contributed by atoms with E-state index in [2.05, 4.69) is 35.1 Å². The number of rotatable bonds is 3. The predicted octanol–water partition coefficient (Wildman–Crippen LogP) is 5.09. The van der Waals surface area contributed by atoms with Crippen molar-refractivity contribution >= 4 is 42.1 Å². The molecule has 1 aromatic carbocycles. The van der Waals surface area contributed by atoms with Crippen LogP contribution in [0.4, 0.5) is 5.69 Å². The molecule has 0 spiro atoms. The van der Waals surface area contributed by atoms with Crippen LogP contribution in [0.2, 0.25) is 5.02 Å². The minimum atomic E-state index is 0. The van der Waals surface area contributed by atoms with Crippen molar-refractivity contribution in [2.75, 3.05) is 11.9 Å². The predicted molar refractivity (Wildman–Crippen MR) is 94.1 cm³/mol. The van der Waals surface area contributed by atoms with Crippen LogP contribution in [-0.2, 0) is 5.54 Å². The Hall–Kier alpha value is -0.960. The molecule has 0 atom stereocenters. The maximum absolute atomic E-state index is 6.00. The molecule has 1 fully saturated rings. The van der Waals surface area contributed by atoms with Crippen LogP contribution < -0.4 is 4.90 Å². The van der Waals surface area contributed by atoms with Gasteiger partial charge in [-0.05, 0) is 49.1 Å². The van der Waals surface area contributed by atoms with Crippen LogP contribution in [0.15, 0.2) is 48.8 Å². The summed E-state index contributed by atoms with van der Waals surface area (Å²) in [5.74, 6) is 0. The van der Waals surface area contributed by atoms with Crippen molar-refractivity contribution in [1.29, 1.82) is 0 Å². The summed E-state index contributed by atoms with van der Waals surface area (Å²) in [5, 5.41) is 0.794. The first-order valence-electron chi connectivity index (χ1n) is 6.62. The van der Waals surface area contributed by atoms with Crippen LogP contribution >= 0.6 is 36.4 Å². The Morgan fingerprint density at radius 1 is 1.10 bits per heavy atom. The second-order valence-electron chi connectivity index (χ2n) is 5.16. The monoisotopic (exact) mass is 344 g/mol. The third-order valence-electron chi connectivity index (χ3n) is 4.24. The summed E-state index contributed by atoms with van der Waals surface area (Å²) in [7, 11) is 2.16. The molecule has 1 saturated carbocycles. The molecule has 0 bridgehead atoms. The largest absolute Gasteiger partial charge is 0.364 e. The zero-order valence-corrected chi connectivity index (χ0v) is 14.2. The summed E-state index contributed by atoms with van der Waals surface area (Å²) in [5.41, 5.74) is 2.61. The van der Waals surface area contributed by atoms with Crippen molar-refractivity contribution in [3.63, 3.8) is 0 Å². The summed E-state index contributed by atoms with van der Waals surface area (Å²) >= 11 is 6.00. The molecule has 114 valence electrons. The topological polar surface area (TPSA) is 16.1 Å². The van der Waals surface area contributed by atoms with Crippen LogP contribution in [0.1, 0.15) is 24.8 Å². The van der Waals surface area contributed by atoms with Crippen LogP contribution in [0.25, 0.3) is 0 Å². The van der Waals surface area contributed by atoms with E-state index in [4.69, 9.17) is 11.6 Å². The van der Waals surface area contributed by atoms with Gasteiger partial charge in [0, 0.05) is 18.3 Å². The summed E-state index contributed by atoms with van der Waals surface area (Å²) in [6.07, 6.45) is 7.37. The van der Waals surface area contributed by atoms with E-state index in [1.165, 1.54) is 24.8 Å². The molecule has 2 aromatic rings. The third-order valence-corrected chi connectivity index (χ3v) is 4.49. The van der Waals surface area contributed by atoms with E-state index in [1.54, 1.807) is 0 Å². The third kappa shape index (κ3) is 3.28. The number of halogens is 3. The standard InChI is InChI=1S/C16H17ClN2.2ClH/c1-19(15-4-2-11-18-12-15)16(9-3-10-16)13-5-7-14(17)8-6-13;;/h2,4-8,11-12H,3,9-10H2,1H3;2*1H. The molecule has 1 aliphatic carbocycles. The fourth-order valence-electron chi connectivity index (χ4n) is 2.89. The molecule has 1 aromatic heterocycles. The zero-order valence-electron chi connectivity index (χ0n) is 11.8. The number of benzene rings is 1. The van der Waals surface area contributed by atoms with Gasteiger partial charge in [-0.2, -0.15) is 0 Å². The second kappa shape index (κ2) is 7.35. The van der Waals surface area contributed by atoms with Gasteiger partial charge in [-0.15, -0.1) is 24.8 Å². The number of hydrogen-bond donors (Lipinski definition) is 0. The summed E-state index contributed by atoms with van der Waals surface area (Å²) in [4.78, 5) is 6.58.